The molecule has 26 heavy (non-hydrogen) atoms. The SMILES string of the molecule is O=C(COc1ccc(NC(=O)c2ccccc2)cc1)NCC1CCCO1. The van der Waals surface area contributed by atoms with Crippen LogP contribution in [-0.4, -0.2) is 37.7 Å². The van der Waals surface area contributed by atoms with E-state index in [1.54, 1.807) is 36.4 Å². The van der Waals surface area contributed by atoms with Crippen molar-refractivity contribution in [3.8, 4) is 5.75 Å². The fourth-order valence-corrected chi connectivity index (χ4v) is 2.66. The zero-order valence-corrected chi connectivity index (χ0v) is 14.4. The molecule has 1 unspecified atom stereocenters. The minimum absolute atomic E-state index is 0.0531. The Balaban J connectivity index is 1.42. The highest BCUT2D eigenvalue weighted by molar-refractivity contribution is 6.04. The average Bonchev–Trinajstić information content (AvgIpc) is 3.20. The molecule has 2 N–H and O–H groups in total. The molecule has 6 nitrogen and oxygen atoms in total. The average molecular weight is 354 g/mol. The van der Waals surface area contributed by atoms with Crippen LogP contribution in [-0.2, 0) is 9.53 Å². The molecule has 0 saturated carbocycles. The second-order valence-electron chi connectivity index (χ2n) is 6.07. The maximum absolute atomic E-state index is 12.1. The van der Waals surface area contributed by atoms with E-state index in [-0.39, 0.29) is 24.5 Å². The van der Waals surface area contributed by atoms with Gasteiger partial charge in [-0.2, -0.15) is 0 Å². The molecule has 2 aromatic rings. The molecule has 0 radical (unpaired) electrons. The van der Waals surface area contributed by atoms with E-state index in [0.717, 1.165) is 19.4 Å². The minimum Gasteiger partial charge on any atom is -0.484 e. The molecule has 1 heterocycles. The Kier molecular flexibility index (Phi) is 6.22. The van der Waals surface area contributed by atoms with Crippen LogP contribution >= 0.6 is 0 Å². The van der Waals surface area contributed by atoms with Gasteiger partial charge in [0.05, 0.1) is 6.10 Å². The van der Waals surface area contributed by atoms with Crippen LogP contribution in [0.3, 0.4) is 0 Å². The van der Waals surface area contributed by atoms with E-state index in [2.05, 4.69) is 10.6 Å². The van der Waals surface area contributed by atoms with Crippen LogP contribution in [0.25, 0.3) is 0 Å². The van der Waals surface area contributed by atoms with Crippen molar-refractivity contribution in [2.75, 3.05) is 25.1 Å². The Morgan fingerprint density at radius 3 is 2.54 bits per heavy atom. The molecular weight excluding hydrogens is 332 g/mol. The molecule has 1 atom stereocenters. The quantitative estimate of drug-likeness (QED) is 0.801. The van der Waals surface area contributed by atoms with Gasteiger partial charge in [0.1, 0.15) is 5.75 Å². The lowest BCUT2D eigenvalue weighted by Crippen LogP contribution is -2.35. The summed E-state index contributed by atoms with van der Waals surface area (Å²) in [7, 11) is 0. The van der Waals surface area contributed by atoms with Gasteiger partial charge in [0.25, 0.3) is 11.8 Å². The molecule has 0 bridgehead atoms. The third-order valence-corrected chi connectivity index (χ3v) is 4.07. The van der Waals surface area contributed by atoms with E-state index in [9.17, 15) is 9.59 Å². The maximum Gasteiger partial charge on any atom is 0.258 e. The zero-order chi connectivity index (χ0) is 18.2. The first kappa shape index (κ1) is 17.9. The van der Waals surface area contributed by atoms with Crippen molar-refractivity contribution in [2.45, 2.75) is 18.9 Å². The topological polar surface area (TPSA) is 76.7 Å². The van der Waals surface area contributed by atoms with Gasteiger partial charge in [-0.1, -0.05) is 18.2 Å². The summed E-state index contributed by atoms with van der Waals surface area (Å²) < 4.78 is 10.9. The van der Waals surface area contributed by atoms with Crippen LogP contribution in [0.2, 0.25) is 0 Å². The number of carbonyl (C=O) groups excluding carboxylic acids is 2. The Bertz CT molecular complexity index is 725. The van der Waals surface area contributed by atoms with Gasteiger partial charge < -0.3 is 20.1 Å². The maximum atomic E-state index is 12.1. The van der Waals surface area contributed by atoms with Gasteiger partial charge in [-0.15, -0.1) is 0 Å². The summed E-state index contributed by atoms with van der Waals surface area (Å²) in [6, 6.07) is 15.9. The lowest BCUT2D eigenvalue weighted by Gasteiger charge is -2.11. The number of amides is 2. The van der Waals surface area contributed by atoms with Gasteiger partial charge >= 0.3 is 0 Å². The number of anilines is 1. The van der Waals surface area contributed by atoms with Crippen molar-refractivity contribution in [3.05, 3.63) is 60.2 Å². The molecule has 3 rings (SSSR count). The van der Waals surface area contributed by atoms with E-state index in [1.165, 1.54) is 0 Å². The highest BCUT2D eigenvalue weighted by Gasteiger charge is 2.16. The summed E-state index contributed by atoms with van der Waals surface area (Å²) in [5.74, 6) is 0.213. The van der Waals surface area contributed by atoms with E-state index in [1.807, 2.05) is 18.2 Å². The molecule has 1 aliphatic rings. The number of carbonyl (C=O) groups is 2. The second-order valence-corrected chi connectivity index (χ2v) is 6.07. The number of rotatable bonds is 7. The molecule has 2 aromatic carbocycles. The molecule has 136 valence electrons. The largest absolute Gasteiger partial charge is 0.484 e. The normalized spacial score (nSPS) is 16.1. The summed E-state index contributed by atoms with van der Waals surface area (Å²) in [4.78, 5) is 23.9. The van der Waals surface area contributed by atoms with Gasteiger partial charge in [0.2, 0.25) is 0 Å². The number of nitrogens with one attached hydrogen (secondary N) is 2. The van der Waals surface area contributed by atoms with E-state index < -0.39 is 0 Å². The van der Waals surface area contributed by atoms with Crippen LogP contribution in [0.1, 0.15) is 23.2 Å². The summed E-state index contributed by atoms with van der Waals surface area (Å²) in [5.41, 5.74) is 1.25. The van der Waals surface area contributed by atoms with Crippen LogP contribution in [0.15, 0.2) is 54.6 Å². The number of hydrogen-bond acceptors (Lipinski definition) is 4. The minimum atomic E-state index is -0.179. The van der Waals surface area contributed by atoms with Crippen molar-refractivity contribution < 1.29 is 19.1 Å². The molecule has 0 aromatic heterocycles. The van der Waals surface area contributed by atoms with Gasteiger partial charge in [-0.05, 0) is 49.2 Å². The highest BCUT2D eigenvalue weighted by atomic mass is 16.5. The standard InChI is InChI=1S/C20H22N2O4/c23-19(21-13-18-7-4-12-25-18)14-26-17-10-8-16(9-11-17)22-20(24)15-5-2-1-3-6-15/h1-3,5-6,8-11,18H,4,7,12-14H2,(H,21,23)(H,22,24). The van der Waals surface area contributed by atoms with E-state index >= 15 is 0 Å². The smallest absolute Gasteiger partial charge is 0.258 e. The van der Waals surface area contributed by atoms with Gasteiger partial charge in [0, 0.05) is 24.4 Å². The third kappa shape index (κ3) is 5.32. The molecule has 6 heteroatoms. The predicted molar refractivity (Wildman–Crippen MR) is 98.3 cm³/mol. The van der Waals surface area contributed by atoms with Crippen molar-refractivity contribution in [2.24, 2.45) is 0 Å². The summed E-state index contributed by atoms with van der Waals surface area (Å²) >= 11 is 0. The Morgan fingerprint density at radius 2 is 1.85 bits per heavy atom. The van der Waals surface area contributed by atoms with Gasteiger partial charge in [-0.3, -0.25) is 9.59 Å². The van der Waals surface area contributed by atoms with Crippen LogP contribution in [0, 0.1) is 0 Å². The molecular formula is C20H22N2O4. The number of benzene rings is 2. The number of hydrogen-bond donors (Lipinski definition) is 2. The Hall–Kier alpha value is -2.86. The molecule has 0 spiro atoms. The highest BCUT2D eigenvalue weighted by Crippen LogP contribution is 2.16. The zero-order valence-electron chi connectivity index (χ0n) is 14.4. The van der Waals surface area contributed by atoms with Crippen molar-refractivity contribution in [1.29, 1.82) is 0 Å². The molecule has 1 saturated heterocycles. The van der Waals surface area contributed by atoms with Gasteiger partial charge in [-0.25, -0.2) is 0 Å². The molecule has 2 amide bonds. The fourth-order valence-electron chi connectivity index (χ4n) is 2.66. The van der Waals surface area contributed by atoms with Crippen LogP contribution in [0.4, 0.5) is 5.69 Å². The molecule has 1 fully saturated rings. The fraction of sp³-hybridized carbons (Fsp3) is 0.300. The van der Waals surface area contributed by atoms with Crippen molar-refractivity contribution >= 4 is 17.5 Å². The van der Waals surface area contributed by atoms with Crippen molar-refractivity contribution in [1.82, 2.24) is 5.32 Å². The summed E-state index contributed by atoms with van der Waals surface area (Å²) in [5, 5.41) is 5.62. The second kappa shape index (κ2) is 9.01. The number of ether oxygens (including phenoxy) is 2. The summed E-state index contributed by atoms with van der Waals surface area (Å²) in [6.07, 6.45) is 2.15. The van der Waals surface area contributed by atoms with Crippen molar-refractivity contribution in [3.63, 3.8) is 0 Å². The first-order valence-electron chi connectivity index (χ1n) is 8.68. The molecule has 1 aliphatic heterocycles. The first-order valence-corrected chi connectivity index (χ1v) is 8.68. The molecule has 0 aliphatic carbocycles. The predicted octanol–water partition coefficient (Wildman–Crippen LogP) is 2.61. The Morgan fingerprint density at radius 1 is 1.08 bits per heavy atom. The van der Waals surface area contributed by atoms with Crippen LogP contribution < -0.4 is 15.4 Å². The Labute approximate surface area is 152 Å². The first-order chi connectivity index (χ1) is 12.7. The van der Waals surface area contributed by atoms with Crippen LogP contribution in [0.5, 0.6) is 5.75 Å². The lowest BCUT2D eigenvalue weighted by molar-refractivity contribution is -0.123. The third-order valence-electron chi connectivity index (χ3n) is 4.07. The monoisotopic (exact) mass is 354 g/mol. The summed E-state index contributed by atoms with van der Waals surface area (Å²) in [6.45, 7) is 1.24. The lowest BCUT2D eigenvalue weighted by atomic mass is 10.2. The van der Waals surface area contributed by atoms with Gasteiger partial charge in [0.15, 0.2) is 6.61 Å². The van der Waals surface area contributed by atoms with E-state index in [4.69, 9.17) is 9.47 Å². The van der Waals surface area contributed by atoms with E-state index in [0.29, 0.717) is 23.5 Å².